The van der Waals surface area contributed by atoms with E-state index in [1.807, 2.05) is 28.5 Å². The number of urea groups is 1. The molecule has 0 bridgehead atoms. The molecule has 1 aliphatic rings. The van der Waals surface area contributed by atoms with E-state index >= 15 is 0 Å². The Balaban J connectivity index is 1.40. The number of hydrogen-bond acceptors (Lipinski definition) is 6. The van der Waals surface area contributed by atoms with Gasteiger partial charge in [0.15, 0.2) is 11.5 Å². The summed E-state index contributed by atoms with van der Waals surface area (Å²) in [6.45, 7) is 1.91. The lowest BCUT2D eigenvalue weighted by Gasteiger charge is -2.27. The lowest BCUT2D eigenvalue weighted by Crippen LogP contribution is -2.36. The van der Waals surface area contributed by atoms with Gasteiger partial charge >= 0.3 is 6.03 Å². The molecule has 0 radical (unpaired) electrons. The summed E-state index contributed by atoms with van der Waals surface area (Å²) in [5.41, 5.74) is 3.61. The number of ether oxygens (including phenoxy) is 1. The van der Waals surface area contributed by atoms with Crippen molar-refractivity contribution in [3.05, 3.63) is 75.8 Å². The molecule has 3 heterocycles. The molecular weight excluding hydrogens is 457 g/mol. The summed E-state index contributed by atoms with van der Waals surface area (Å²) in [6, 6.07) is 15.0. The van der Waals surface area contributed by atoms with Gasteiger partial charge in [-0.05, 0) is 35.4 Å². The van der Waals surface area contributed by atoms with Crippen molar-refractivity contribution >= 4 is 44.9 Å². The smallest absolute Gasteiger partial charge is 0.323 e. The van der Waals surface area contributed by atoms with Crippen LogP contribution in [0, 0.1) is 0 Å². The third kappa shape index (κ3) is 4.66. The monoisotopic (exact) mass is 479 g/mol. The van der Waals surface area contributed by atoms with E-state index in [-0.39, 0.29) is 5.43 Å². The minimum Gasteiger partial charge on any atom is -0.439 e. The topological polar surface area (TPSA) is 83.8 Å². The molecule has 2 aromatic carbocycles. The van der Waals surface area contributed by atoms with Crippen LogP contribution in [0.4, 0.5) is 26.4 Å². The number of thiophene rings is 1. The second-order valence-corrected chi connectivity index (χ2v) is 8.73. The number of anilines is 3. The number of fused-ring (bicyclic) bond motifs is 1. The summed E-state index contributed by atoms with van der Waals surface area (Å²) in [7, 11) is 0. The molecule has 0 unspecified atom stereocenters. The van der Waals surface area contributed by atoms with Crippen LogP contribution in [0.5, 0.6) is 0 Å². The van der Waals surface area contributed by atoms with Crippen LogP contribution in [-0.4, -0.2) is 32.3 Å². The second-order valence-electron chi connectivity index (χ2n) is 7.85. The van der Waals surface area contributed by atoms with Gasteiger partial charge in [0.2, 0.25) is 5.43 Å². The standard InChI is InChI=1S/C25H22FN3O4S/c26-14-16-3-1-5-18(11-16)27-25(31)28-19-6-2-4-17(12-19)20-15-34-24-21(30)13-22(33-23(20)24)29-7-9-32-10-8-29/h1-6,11-13,15H,7-10,14H2,(H2,27,28,31). The first-order chi connectivity index (χ1) is 16.6. The third-order valence-electron chi connectivity index (χ3n) is 5.52. The van der Waals surface area contributed by atoms with Crippen molar-refractivity contribution in [3.8, 4) is 11.1 Å². The largest absolute Gasteiger partial charge is 0.439 e. The first-order valence-corrected chi connectivity index (χ1v) is 11.7. The lowest BCUT2D eigenvalue weighted by molar-refractivity contribution is 0.121. The number of amides is 2. The van der Waals surface area contributed by atoms with Crippen LogP contribution in [0.2, 0.25) is 0 Å². The molecule has 9 heteroatoms. The number of benzene rings is 2. The molecule has 1 fully saturated rings. The highest BCUT2D eigenvalue weighted by Crippen LogP contribution is 2.35. The van der Waals surface area contributed by atoms with Gasteiger partial charge in [-0.15, -0.1) is 11.3 Å². The number of nitrogens with zero attached hydrogens (tertiary/aromatic N) is 1. The minimum atomic E-state index is -0.600. The fourth-order valence-electron chi connectivity index (χ4n) is 3.86. The van der Waals surface area contributed by atoms with Crippen molar-refractivity contribution in [2.24, 2.45) is 0 Å². The lowest BCUT2D eigenvalue weighted by atomic mass is 10.1. The number of hydrogen-bond donors (Lipinski definition) is 2. The van der Waals surface area contributed by atoms with Gasteiger partial charge in [0, 0.05) is 41.5 Å². The van der Waals surface area contributed by atoms with Crippen molar-refractivity contribution in [3.63, 3.8) is 0 Å². The van der Waals surface area contributed by atoms with Gasteiger partial charge in [0.05, 0.1) is 13.2 Å². The minimum absolute atomic E-state index is 0.0804. The zero-order valence-corrected chi connectivity index (χ0v) is 19.0. The van der Waals surface area contributed by atoms with Gasteiger partial charge in [0.25, 0.3) is 0 Å². The molecule has 0 saturated carbocycles. The second kappa shape index (κ2) is 9.66. The number of halogens is 1. The first-order valence-electron chi connectivity index (χ1n) is 10.8. The molecule has 0 atom stereocenters. The summed E-state index contributed by atoms with van der Waals surface area (Å²) >= 11 is 1.34. The predicted octanol–water partition coefficient (Wildman–Crippen LogP) is 5.47. The van der Waals surface area contributed by atoms with Crippen molar-refractivity contribution in [1.29, 1.82) is 0 Å². The van der Waals surface area contributed by atoms with Crippen LogP contribution < -0.4 is 21.0 Å². The molecule has 34 heavy (non-hydrogen) atoms. The Labute approximate surface area is 198 Å². The predicted molar refractivity (Wildman–Crippen MR) is 133 cm³/mol. The van der Waals surface area contributed by atoms with Crippen LogP contribution in [0.15, 0.2) is 69.2 Å². The van der Waals surface area contributed by atoms with Crippen LogP contribution in [-0.2, 0) is 11.4 Å². The first kappa shape index (κ1) is 22.1. The van der Waals surface area contributed by atoms with E-state index in [0.29, 0.717) is 59.4 Å². The van der Waals surface area contributed by atoms with Gasteiger partial charge < -0.3 is 24.7 Å². The normalized spacial score (nSPS) is 13.7. The number of nitrogens with one attached hydrogen (secondary N) is 2. The van der Waals surface area contributed by atoms with Crippen molar-refractivity contribution in [2.75, 3.05) is 41.8 Å². The highest BCUT2D eigenvalue weighted by atomic mass is 32.1. The van der Waals surface area contributed by atoms with Crippen LogP contribution in [0.3, 0.4) is 0 Å². The third-order valence-corrected chi connectivity index (χ3v) is 6.50. The highest BCUT2D eigenvalue weighted by Gasteiger charge is 2.19. The quantitative estimate of drug-likeness (QED) is 0.397. The summed E-state index contributed by atoms with van der Waals surface area (Å²) in [6.07, 6.45) is 0. The highest BCUT2D eigenvalue weighted by molar-refractivity contribution is 7.17. The van der Waals surface area contributed by atoms with Gasteiger partial charge in [-0.2, -0.15) is 0 Å². The Morgan fingerprint density at radius 1 is 1.03 bits per heavy atom. The fourth-order valence-corrected chi connectivity index (χ4v) is 4.77. The Morgan fingerprint density at radius 3 is 2.53 bits per heavy atom. The molecule has 4 aromatic rings. The van der Waals surface area contributed by atoms with E-state index in [1.165, 1.54) is 17.4 Å². The maximum Gasteiger partial charge on any atom is 0.323 e. The molecular formula is C25H22FN3O4S. The number of alkyl halides is 1. The van der Waals surface area contributed by atoms with E-state index in [4.69, 9.17) is 9.15 Å². The molecule has 1 aliphatic heterocycles. The molecule has 0 spiro atoms. The molecule has 2 amide bonds. The number of morpholine rings is 1. The average Bonchev–Trinajstić information content (AvgIpc) is 3.29. The van der Waals surface area contributed by atoms with Gasteiger partial charge in [-0.3, -0.25) is 4.79 Å². The van der Waals surface area contributed by atoms with Crippen molar-refractivity contribution in [1.82, 2.24) is 0 Å². The summed E-state index contributed by atoms with van der Waals surface area (Å²) in [5.74, 6) is 0.532. The molecule has 1 saturated heterocycles. The maximum absolute atomic E-state index is 12.9. The van der Waals surface area contributed by atoms with E-state index in [0.717, 1.165) is 11.1 Å². The van der Waals surface area contributed by atoms with Gasteiger partial charge in [-0.25, -0.2) is 9.18 Å². The van der Waals surface area contributed by atoms with E-state index in [1.54, 1.807) is 30.3 Å². The maximum atomic E-state index is 12.9. The van der Waals surface area contributed by atoms with Crippen LogP contribution in [0.1, 0.15) is 5.56 Å². The number of carbonyl (C=O) groups excluding carboxylic acids is 1. The van der Waals surface area contributed by atoms with E-state index in [9.17, 15) is 14.0 Å². The number of carbonyl (C=O) groups is 1. The number of rotatable bonds is 5. The molecule has 2 N–H and O–H groups in total. The fraction of sp³-hybridized carbons (Fsp3) is 0.200. The Morgan fingerprint density at radius 2 is 1.76 bits per heavy atom. The summed E-state index contributed by atoms with van der Waals surface area (Å²) in [4.78, 5) is 27.2. The molecule has 7 nitrogen and oxygen atoms in total. The van der Waals surface area contributed by atoms with Crippen molar-refractivity contribution < 1.29 is 18.3 Å². The van der Waals surface area contributed by atoms with Gasteiger partial charge in [-0.1, -0.05) is 24.3 Å². The van der Waals surface area contributed by atoms with Gasteiger partial charge in [0.1, 0.15) is 11.4 Å². The van der Waals surface area contributed by atoms with Crippen LogP contribution >= 0.6 is 11.3 Å². The average molecular weight is 480 g/mol. The summed E-state index contributed by atoms with van der Waals surface area (Å²) in [5, 5.41) is 7.40. The molecule has 174 valence electrons. The zero-order valence-electron chi connectivity index (χ0n) is 18.2. The Hall–Kier alpha value is -3.69. The zero-order chi connectivity index (χ0) is 23.5. The van der Waals surface area contributed by atoms with Crippen LogP contribution in [0.25, 0.3) is 21.4 Å². The summed E-state index contributed by atoms with van der Waals surface area (Å²) < 4.78 is 25.0. The Kier molecular flexibility index (Phi) is 6.29. The molecule has 0 aliphatic carbocycles. The molecule has 5 rings (SSSR count). The van der Waals surface area contributed by atoms with Crippen molar-refractivity contribution in [2.45, 2.75) is 6.67 Å². The Bertz CT molecular complexity index is 1390. The van der Waals surface area contributed by atoms with E-state index < -0.39 is 12.7 Å². The van der Waals surface area contributed by atoms with E-state index in [2.05, 4.69) is 10.6 Å². The SMILES string of the molecule is O=C(Nc1cccc(CF)c1)Nc1cccc(-c2csc3c(=O)cc(N4CCOCC4)oc23)c1. The molecule has 2 aromatic heterocycles.